The summed E-state index contributed by atoms with van der Waals surface area (Å²) in [5.74, 6) is -1.29. The third kappa shape index (κ3) is 2.78. The van der Waals surface area contributed by atoms with Crippen molar-refractivity contribution in [1.29, 1.82) is 0 Å². The maximum absolute atomic E-state index is 13.2. The average Bonchev–Trinajstić information content (AvgIpc) is 2.42. The summed E-state index contributed by atoms with van der Waals surface area (Å²) < 4.78 is 31.4. The van der Waals surface area contributed by atoms with Gasteiger partial charge in [-0.25, -0.2) is 8.78 Å². The second kappa shape index (κ2) is 5.61. The van der Waals surface area contributed by atoms with Crippen molar-refractivity contribution in [1.82, 2.24) is 0 Å². The Morgan fingerprint density at radius 1 is 1.11 bits per heavy atom. The third-order valence-corrected chi connectivity index (χ3v) is 2.69. The Bertz CT molecular complexity index is 609. The lowest BCUT2D eigenvalue weighted by Crippen LogP contribution is -1.95. The largest absolute Gasteiger partial charge is 0.494 e. The van der Waals surface area contributed by atoms with E-state index in [1.165, 1.54) is 6.07 Å². The maximum Gasteiger partial charge on any atom is 0.159 e. The first-order valence-corrected chi connectivity index (χ1v) is 5.83. The van der Waals surface area contributed by atoms with Gasteiger partial charge in [0.25, 0.3) is 0 Å². The first kappa shape index (κ1) is 13.2. The van der Waals surface area contributed by atoms with E-state index in [0.29, 0.717) is 35.3 Å². The molecule has 0 aromatic heterocycles. The van der Waals surface area contributed by atoms with Crippen LogP contribution in [0.25, 0.3) is 11.1 Å². The molecule has 2 aromatic rings. The van der Waals surface area contributed by atoms with E-state index in [1.807, 2.05) is 6.92 Å². The molecule has 0 saturated carbocycles. The number of hydrogen-bond donors (Lipinski definition) is 0. The van der Waals surface area contributed by atoms with Crippen molar-refractivity contribution in [3.63, 3.8) is 0 Å². The summed E-state index contributed by atoms with van der Waals surface area (Å²) in [7, 11) is 0. The first-order valence-electron chi connectivity index (χ1n) is 5.83. The number of carbonyl (C=O) groups excluding carboxylic acids is 1. The second-order valence-electron chi connectivity index (χ2n) is 3.93. The normalized spacial score (nSPS) is 10.3. The number of halogens is 2. The van der Waals surface area contributed by atoms with Crippen LogP contribution in [-0.4, -0.2) is 12.9 Å². The fourth-order valence-electron chi connectivity index (χ4n) is 1.82. The van der Waals surface area contributed by atoms with E-state index in [1.54, 1.807) is 18.2 Å². The van der Waals surface area contributed by atoms with E-state index in [0.717, 1.165) is 12.1 Å². The van der Waals surface area contributed by atoms with Gasteiger partial charge in [0.15, 0.2) is 17.9 Å². The number of aldehydes is 1. The molecule has 0 unspecified atom stereocenters. The summed E-state index contributed by atoms with van der Waals surface area (Å²) >= 11 is 0. The molecule has 0 aliphatic rings. The lowest BCUT2D eigenvalue weighted by molar-refractivity contribution is 0.112. The Morgan fingerprint density at radius 2 is 1.89 bits per heavy atom. The molecule has 0 aliphatic heterocycles. The van der Waals surface area contributed by atoms with Crippen molar-refractivity contribution < 1.29 is 18.3 Å². The van der Waals surface area contributed by atoms with Gasteiger partial charge in [-0.2, -0.15) is 0 Å². The molecule has 0 amide bonds. The summed E-state index contributed by atoms with van der Waals surface area (Å²) in [6.07, 6.45) is 0.666. The summed E-state index contributed by atoms with van der Waals surface area (Å²) in [4.78, 5) is 11.1. The molecule has 2 rings (SSSR count). The van der Waals surface area contributed by atoms with Crippen LogP contribution in [0.3, 0.4) is 0 Å². The van der Waals surface area contributed by atoms with Gasteiger partial charge in [-0.05, 0) is 48.4 Å². The van der Waals surface area contributed by atoms with Crippen LogP contribution in [0.2, 0.25) is 0 Å². The summed E-state index contributed by atoms with van der Waals surface area (Å²) in [6, 6.07) is 8.45. The molecule has 0 saturated heterocycles. The van der Waals surface area contributed by atoms with E-state index in [-0.39, 0.29) is 0 Å². The minimum atomic E-state index is -0.941. The van der Waals surface area contributed by atoms with Gasteiger partial charge >= 0.3 is 0 Å². The van der Waals surface area contributed by atoms with Crippen LogP contribution in [0.4, 0.5) is 8.78 Å². The molecule has 0 spiro atoms. The minimum Gasteiger partial charge on any atom is -0.494 e. The Morgan fingerprint density at radius 3 is 2.53 bits per heavy atom. The highest BCUT2D eigenvalue weighted by Gasteiger charge is 2.09. The van der Waals surface area contributed by atoms with Crippen LogP contribution >= 0.6 is 0 Å². The monoisotopic (exact) mass is 262 g/mol. The summed E-state index contributed by atoms with van der Waals surface area (Å²) in [5.41, 5.74) is 1.36. The molecule has 0 N–H and O–H groups in total. The molecule has 19 heavy (non-hydrogen) atoms. The highest BCUT2D eigenvalue weighted by Crippen LogP contribution is 2.27. The molecular weight excluding hydrogens is 250 g/mol. The van der Waals surface area contributed by atoms with Gasteiger partial charge in [0.2, 0.25) is 0 Å². The van der Waals surface area contributed by atoms with Crippen molar-refractivity contribution in [3.05, 3.63) is 53.6 Å². The van der Waals surface area contributed by atoms with Crippen molar-refractivity contribution in [2.24, 2.45) is 0 Å². The standard InChI is InChI=1S/C15H12F2O2/c1-2-19-12-4-5-13(11(7-12)9-18)10-3-6-14(16)15(17)8-10/h3-9H,2H2,1H3. The zero-order chi connectivity index (χ0) is 13.8. The van der Waals surface area contributed by atoms with Crippen LogP contribution in [0.15, 0.2) is 36.4 Å². The molecule has 4 heteroatoms. The fourth-order valence-corrected chi connectivity index (χ4v) is 1.82. The van der Waals surface area contributed by atoms with Crippen LogP contribution in [0, 0.1) is 11.6 Å². The van der Waals surface area contributed by atoms with Gasteiger partial charge in [0.1, 0.15) is 5.75 Å². The Kier molecular flexibility index (Phi) is 3.90. The van der Waals surface area contributed by atoms with Gasteiger partial charge in [-0.15, -0.1) is 0 Å². The van der Waals surface area contributed by atoms with E-state index in [4.69, 9.17) is 4.74 Å². The van der Waals surface area contributed by atoms with Crippen molar-refractivity contribution in [3.8, 4) is 16.9 Å². The summed E-state index contributed by atoms with van der Waals surface area (Å²) in [6.45, 7) is 2.33. The second-order valence-corrected chi connectivity index (χ2v) is 3.93. The number of ether oxygens (including phenoxy) is 1. The Labute approximate surface area is 109 Å². The highest BCUT2D eigenvalue weighted by atomic mass is 19.2. The predicted octanol–water partition coefficient (Wildman–Crippen LogP) is 3.84. The topological polar surface area (TPSA) is 26.3 Å². The number of carbonyl (C=O) groups is 1. The molecule has 2 nitrogen and oxygen atoms in total. The predicted molar refractivity (Wildman–Crippen MR) is 68.4 cm³/mol. The van der Waals surface area contributed by atoms with Crippen LogP contribution in [-0.2, 0) is 0 Å². The highest BCUT2D eigenvalue weighted by molar-refractivity contribution is 5.88. The number of rotatable bonds is 4. The van der Waals surface area contributed by atoms with Gasteiger partial charge in [0.05, 0.1) is 6.61 Å². The molecule has 0 radical (unpaired) electrons. The molecule has 98 valence electrons. The van der Waals surface area contributed by atoms with Crippen molar-refractivity contribution in [2.75, 3.05) is 6.61 Å². The zero-order valence-corrected chi connectivity index (χ0v) is 10.3. The van der Waals surface area contributed by atoms with Crippen molar-refractivity contribution >= 4 is 6.29 Å². The molecule has 0 heterocycles. The maximum atomic E-state index is 13.2. The number of hydrogen-bond acceptors (Lipinski definition) is 2. The molecule has 0 aliphatic carbocycles. The van der Waals surface area contributed by atoms with Gasteiger partial charge in [-0.1, -0.05) is 6.07 Å². The summed E-state index contributed by atoms with van der Waals surface area (Å²) in [5, 5.41) is 0. The van der Waals surface area contributed by atoms with Crippen LogP contribution in [0.5, 0.6) is 5.75 Å². The van der Waals surface area contributed by atoms with Crippen LogP contribution < -0.4 is 4.74 Å². The van der Waals surface area contributed by atoms with E-state index >= 15 is 0 Å². The molecule has 0 bridgehead atoms. The number of benzene rings is 2. The average molecular weight is 262 g/mol. The molecule has 0 fully saturated rings. The Balaban J connectivity index is 2.49. The van der Waals surface area contributed by atoms with Crippen LogP contribution in [0.1, 0.15) is 17.3 Å². The van der Waals surface area contributed by atoms with Crippen molar-refractivity contribution in [2.45, 2.75) is 6.92 Å². The van der Waals surface area contributed by atoms with Gasteiger partial charge in [0, 0.05) is 5.56 Å². The van der Waals surface area contributed by atoms with E-state index < -0.39 is 11.6 Å². The lowest BCUT2D eigenvalue weighted by Gasteiger charge is -2.09. The van der Waals surface area contributed by atoms with Gasteiger partial charge in [-0.3, -0.25) is 4.79 Å². The van der Waals surface area contributed by atoms with Gasteiger partial charge < -0.3 is 4.74 Å². The Hall–Kier alpha value is -2.23. The first-order chi connectivity index (χ1) is 9.15. The fraction of sp³-hybridized carbons (Fsp3) is 0.133. The quantitative estimate of drug-likeness (QED) is 0.782. The molecular formula is C15H12F2O2. The third-order valence-electron chi connectivity index (χ3n) is 2.69. The zero-order valence-electron chi connectivity index (χ0n) is 10.3. The minimum absolute atomic E-state index is 0.372. The SMILES string of the molecule is CCOc1ccc(-c2ccc(F)c(F)c2)c(C=O)c1. The van der Waals surface area contributed by atoms with E-state index in [9.17, 15) is 13.6 Å². The molecule has 2 aromatic carbocycles. The smallest absolute Gasteiger partial charge is 0.159 e. The van der Waals surface area contributed by atoms with E-state index in [2.05, 4.69) is 0 Å². The molecule has 0 atom stereocenters. The lowest BCUT2D eigenvalue weighted by atomic mass is 10.00.